The van der Waals surface area contributed by atoms with E-state index < -0.39 is 0 Å². The molecule has 0 saturated heterocycles. The Bertz CT molecular complexity index is 802. The van der Waals surface area contributed by atoms with Crippen molar-refractivity contribution in [2.24, 2.45) is 0 Å². The quantitative estimate of drug-likeness (QED) is 0.556. The highest BCUT2D eigenvalue weighted by atomic mass is 16.5. The van der Waals surface area contributed by atoms with E-state index >= 15 is 0 Å². The molecule has 1 heterocycles. The molecule has 0 aliphatic carbocycles. The summed E-state index contributed by atoms with van der Waals surface area (Å²) in [5.74, 6) is 2.64. The van der Waals surface area contributed by atoms with Gasteiger partial charge in [0, 0.05) is 17.7 Å². The van der Waals surface area contributed by atoms with E-state index in [1.807, 2.05) is 52.8 Å². The number of nitrogens with one attached hydrogen (secondary N) is 1. The maximum atomic E-state index is 6.08. The van der Waals surface area contributed by atoms with Crippen LogP contribution in [0, 0.1) is 6.92 Å². The lowest BCUT2D eigenvalue weighted by Gasteiger charge is -2.20. The fourth-order valence-electron chi connectivity index (χ4n) is 3.08. The number of benzene rings is 1. The maximum absolute atomic E-state index is 6.08. The summed E-state index contributed by atoms with van der Waals surface area (Å²) in [6.07, 6.45) is 2.12. The van der Waals surface area contributed by atoms with Gasteiger partial charge in [-0.25, -0.2) is 9.97 Å². The number of rotatable bonds is 10. The Morgan fingerprint density at radius 1 is 0.966 bits per heavy atom. The topological polar surface area (TPSA) is 65.5 Å². The lowest BCUT2D eigenvalue weighted by Crippen LogP contribution is -2.19. The summed E-state index contributed by atoms with van der Waals surface area (Å²) in [6, 6.07) is 6.15. The van der Waals surface area contributed by atoms with Crippen molar-refractivity contribution < 1.29 is 14.2 Å². The van der Waals surface area contributed by atoms with Gasteiger partial charge in [0.25, 0.3) is 5.88 Å². The third-order valence-corrected chi connectivity index (χ3v) is 4.50. The van der Waals surface area contributed by atoms with Crippen molar-refractivity contribution in [3.63, 3.8) is 0 Å². The Kier molecular flexibility index (Phi) is 8.11. The van der Waals surface area contributed by atoms with Crippen molar-refractivity contribution in [3.8, 4) is 28.6 Å². The van der Waals surface area contributed by atoms with E-state index in [-0.39, 0.29) is 12.2 Å². The van der Waals surface area contributed by atoms with Crippen LogP contribution in [0.25, 0.3) is 11.3 Å². The zero-order chi connectivity index (χ0) is 21.6. The van der Waals surface area contributed by atoms with E-state index in [1.165, 1.54) is 0 Å². The van der Waals surface area contributed by atoms with E-state index in [0.717, 1.165) is 41.3 Å². The summed E-state index contributed by atoms with van der Waals surface area (Å²) >= 11 is 0. The first-order chi connectivity index (χ1) is 13.8. The first-order valence-corrected chi connectivity index (χ1v) is 10.5. The fraction of sp³-hybridized carbons (Fsp3) is 0.565. The molecule has 1 aromatic heterocycles. The Morgan fingerprint density at radius 2 is 1.62 bits per heavy atom. The minimum Gasteiger partial charge on any atom is -0.491 e. The second-order valence-corrected chi connectivity index (χ2v) is 7.66. The molecule has 0 aliphatic rings. The number of aromatic nitrogens is 2. The van der Waals surface area contributed by atoms with Crippen LogP contribution in [0.3, 0.4) is 0 Å². The molecule has 2 aromatic rings. The molecule has 1 aromatic carbocycles. The monoisotopic (exact) mass is 401 g/mol. The summed E-state index contributed by atoms with van der Waals surface area (Å²) in [6.45, 7) is 14.3. The second-order valence-electron chi connectivity index (χ2n) is 7.66. The molecule has 0 spiro atoms. The van der Waals surface area contributed by atoms with Gasteiger partial charge >= 0.3 is 0 Å². The molecule has 0 bridgehead atoms. The van der Waals surface area contributed by atoms with E-state index in [4.69, 9.17) is 24.2 Å². The molecule has 160 valence electrons. The standard InChI is InChI=1S/C23H35N3O3/c1-9-17(10-2)25-22-23(27-8)26-21(16(7)24-22)19-12-11-18(28-14(3)4)13-20(19)29-15(5)6/h11-15,17H,9-10H2,1-8H3,(H,24,25). The van der Waals surface area contributed by atoms with Gasteiger partial charge in [-0.05, 0) is 59.6 Å². The molecule has 0 amide bonds. The van der Waals surface area contributed by atoms with Crippen LogP contribution in [-0.4, -0.2) is 35.3 Å². The zero-order valence-corrected chi connectivity index (χ0v) is 19.0. The van der Waals surface area contributed by atoms with E-state index in [1.54, 1.807) is 7.11 Å². The number of hydrogen-bond donors (Lipinski definition) is 1. The molecule has 6 heteroatoms. The van der Waals surface area contributed by atoms with Crippen LogP contribution in [0.4, 0.5) is 5.82 Å². The SMILES string of the molecule is CCC(CC)Nc1nc(C)c(-c2ccc(OC(C)C)cc2OC(C)C)nc1OC. The van der Waals surface area contributed by atoms with Crippen LogP contribution in [0.2, 0.25) is 0 Å². The third-order valence-electron chi connectivity index (χ3n) is 4.50. The van der Waals surface area contributed by atoms with Crippen LogP contribution in [-0.2, 0) is 0 Å². The normalized spacial score (nSPS) is 11.3. The molecular weight excluding hydrogens is 366 g/mol. The molecule has 0 radical (unpaired) electrons. The molecule has 29 heavy (non-hydrogen) atoms. The van der Waals surface area contributed by atoms with Crippen molar-refractivity contribution in [1.82, 2.24) is 9.97 Å². The summed E-state index contributed by atoms with van der Waals surface area (Å²) in [7, 11) is 1.62. The van der Waals surface area contributed by atoms with Crippen molar-refractivity contribution >= 4 is 5.82 Å². The van der Waals surface area contributed by atoms with Gasteiger partial charge in [0.2, 0.25) is 0 Å². The number of hydrogen-bond acceptors (Lipinski definition) is 6. The Morgan fingerprint density at radius 3 is 2.17 bits per heavy atom. The fourth-order valence-corrected chi connectivity index (χ4v) is 3.08. The number of methoxy groups -OCH3 is 1. The zero-order valence-electron chi connectivity index (χ0n) is 19.0. The van der Waals surface area contributed by atoms with Gasteiger partial charge in [0.15, 0.2) is 5.82 Å². The molecule has 2 rings (SSSR count). The van der Waals surface area contributed by atoms with E-state index in [9.17, 15) is 0 Å². The first kappa shape index (κ1) is 22.8. The summed E-state index contributed by atoms with van der Waals surface area (Å²) in [4.78, 5) is 9.53. The van der Waals surface area contributed by atoms with Crippen molar-refractivity contribution in [1.29, 1.82) is 0 Å². The second kappa shape index (κ2) is 10.3. The maximum Gasteiger partial charge on any atom is 0.257 e. The molecule has 0 unspecified atom stereocenters. The van der Waals surface area contributed by atoms with E-state index in [2.05, 4.69) is 19.2 Å². The third kappa shape index (κ3) is 5.99. The molecular formula is C23H35N3O3. The number of aryl methyl sites for hydroxylation is 1. The van der Waals surface area contributed by atoms with Gasteiger partial charge in [0.1, 0.15) is 11.5 Å². The molecule has 1 N–H and O–H groups in total. The molecule has 0 aliphatic heterocycles. The highest BCUT2D eigenvalue weighted by Crippen LogP contribution is 2.37. The van der Waals surface area contributed by atoms with E-state index in [0.29, 0.717) is 17.7 Å². The molecule has 6 nitrogen and oxygen atoms in total. The van der Waals surface area contributed by atoms with Crippen molar-refractivity contribution in [2.45, 2.75) is 79.6 Å². The van der Waals surface area contributed by atoms with Crippen LogP contribution < -0.4 is 19.5 Å². The van der Waals surface area contributed by atoms with Crippen LogP contribution >= 0.6 is 0 Å². The summed E-state index contributed by atoms with van der Waals surface area (Å²) in [5, 5.41) is 3.45. The minimum atomic E-state index is 0.0222. The van der Waals surface area contributed by atoms with Gasteiger partial charge in [-0.15, -0.1) is 0 Å². The lowest BCUT2D eigenvalue weighted by atomic mass is 10.1. The Hall–Kier alpha value is -2.50. The van der Waals surface area contributed by atoms with Crippen molar-refractivity contribution in [3.05, 3.63) is 23.9 Å². The minimum absolute atomic E-state index is 0.0222. The average molecular weight is 402 g/mol. The predicted molar refractivity (Wildman–Crippen MR) is 118 cm³/mol. The lowest BCUT2D eigenvalue weighted by molar-refractivity contribution is 0.230. The Labute approximate surface area is 175 Å². The Balaban J connectivity index is 2.52. The summed E-state index contributed by atoms with van der Waals surface area (Å²) < 4.78 is 17.5. The molecule has 0 atom stereocenters. The van der Waals surface area contributed by atoms with Crippen LogP contribution in [0.15, 0.2) is 18.2 Å². The molecule has 0 fully saturated rings. The van der Waals surface area contributed by atoms with Crippen molar-refractivity contribution in [2.75, 3.05) is 12.4 Å². The highest BCUT2D eigenvalue weighted by molar-refractivity contribution is 5.72. The number of nitrogens with zero attached hydrogens (tertiary/aromatic N) is 2. The smallest absolute Gasteiger partial charge is 0.257 e. The first-order valence-electron chi connectivity index (χ1n) is 10.5. The number of anilines is 1. The van der Waals surface area contributed by atoms with Gasteiger partial charge in [0.05, 0.1) is 30.7 Å². The van der Waals surface area contributed by atoms with Crippen LogP contribution in [0.5, 0.6) is 17.4 Å². The van der Waals surface area contributed by atoms with Gasteiger partial charge in [-0.1, -0.05) is 13.8 Å². The van der Waals surface area contributed by atoms with Gasteiger partial charge in [-0.2, -0.15) is 0 Å². The largest absolute Gasteiger partial charge is 0.491 e. The predicted octanol–water partition coefficient (Wildman–Crippen LogP) is 5.64. The summed E-state index contributed by atoms with van der Waals surface area (Å²) in [5.41, 5.74) is 2.42. The highest BCUT2D eigenvalue weighted by Gasteiger charge is 2.19. The van der Waals surface area contributed by atoms with Gasteiger partial charge < -0.3 is 19.5 Å². The average Bonchev–Trinajstić information content (AvgIpc) is 2.66. The number of ether oxygens (including phenoxy) is 3. The van der Waals surface area contributed by atoms with Gasteiger partial charge in [-0.3, -0.25) is 0 Å². The molecule has 0 saturated carbocycles. The van der Waals surface area contributed by atoms with Crippen LogP contribution in [0.1, 0.15) is 60.1 Å².